The molecule has 1 saturated carbocycles. The number of amides is 1. The Kier molecular flexibility index (Phi) is 8.51. The summed E-state index contributed by atoms with van der Waals surface area (Å²) < 4.78 is 0. The zero-order valence-corrected chi connectivity index (χ0v) is 14.5. The summed E-state index contributed by atoms with van der Waals surface area (Å²) in [6, 6.07) is 10.4. The van der Waals surface area contributed by atoms with Gasteiger partial charge in [-0.25, -0.2) is 0 Å². The lowest BCUT2D eigenvalue weighted by molar-refractivity contribution is -0.123. The van der Waals surface area contributed by atoms with Crippen molar-refractivity contribution in [2.75, 3.05) is 6.54 Å². The van der Waals surface area contributed by atoms with Crippen LogP contribution in [0.25, 0.3) is 0 Å². The van der Waals surface area contributed by atoms with Gasteiger partial charge in [-0.2, -0.15) is 0 Å². The van der Waals surface area contributed by atoms with E-state index >= 15 is 0 Å². The molecule has 124 valence electrons. The van der Waals surface area contributed by atoms with Gasteiger partial charge in [-0.1, -0.05) is 50.1 Å². The third kappa shape index (κ3) is 5.29. The van der Waals surface area contributed by atoms with Gasteiger partial charge in [0.2, 0.25) is 5.91 Å². The summed E-state index contributed by atoms with van der Waals surface area (Å²) in [5.41, 5.74) is 1.24. The first-order valence-corrected chi connectivity index (χ1v) is 8.31. The Bertz CT molecular complexity index is 432. The summed E-state index contributed by atoms with van der Waals surface area (Å²) in [5, 5.41) is 6.55. The van der Waals surface area contributed by atoms with E-state index in [4.69, 9.17) is 0 Å². The van der Waals surface area contributed by atoms with Crippen molar-refractivity contribution < 1.29 is 4.79 Å². The molecule has 2 unspecified atom stereocenters. The molecule has 0 spiro atoms. The largest absolute Gasteiger partial charge is 0.348 e. The lowest BCUT2D eigenvalue weighted by atomic mass is 9.91. The summed E-state index contributed by atoms with van der Waals surface area (Å²) in [4.78, 5) is 12.4. The molecule has 1 aliphatic carbocycles. The number of carbonyl (C=O) groups is 1. The van der Waals surface area contributed by atoms with Crippen molar-refractivity contribution in [3.63, 3.8) is 0 Å². The molecule has 1 aromatic rings. The summed E-state index contributed by atoms with van der Waals surface area (Å²) in [6.07, 6.45) is 6.05. The van der Waals surface area contributed by atoms with Crippen LogP contribution in [0.5, 0.6) is 0 Å². The lowest BCUT2D eigenvalue weighted by Gasteiger charge is -2.27. The van der Waals surface area contributed by atoms with E-state index in [1.165, 1.54) is 31.2 Å². The quantitative estimate of drug-likeness (QED) is 0.800. The van der Waals surface area contributed by atoms with Crippen LogP contribution in [0.3, 0.4) is 0 Å². The Morgan fingerprint density at radius 2 is 1.86 bits per heavy atom. The fraction of sp³-hybridized carbons (Fsp3) is 0.611. The number of benzene rings is 1. The second-order valence-electron chi connectivity index (χ2n) is 6.12. The molecular formula is C18H29ClN2O. The predicted molar refractivity (Wildman–Crippen MR) is 94.3 cm³/mol. The lowest BCUT2D eigenvalue weighted by Crippen LogP contribution is -2.45. The van der Waals surface area contributed by atoms with Crippen LogP contribution < -0.4 is 10.6 Å². The molecule has 1 aromatic carbocycles. The number of hydrogen-bond donors (Lipinski definition) is 2. The Labute approximate surface area is 140 Å². The third-order valence-corrected chi connectivity index (χ3v) is 4.42. The fourth-order valence-electron chi connectivity index (χ4n) is 3.16. The molecular weight excluding hydrogens is 296 g/mol. The molecule has 0 aliphatic heterocycles. The average molecular weight is 325 g/mol. The highest BCUT2D eigenvalue weighted by Crippen LogP contribution is 2.35. The van der Waals surface area contributed by atoms with E-state index < -0.39 is 0 Å². The van der Waals surface area contributed by atoms with Gasteiger partial charge < -0.3 is 10.6 Å². The number of nitrogens with one attached hydrogen (secondary N) is 2. The van der Waals surface area contributed by atoms with E-state index in [2.05, 4.69) is 41.8 Å². The van der Waals surface area contributed by atoms with Gasteiger partial charge in [0, 0.05) is 0 Å². The molecule has 3 nitrogen and oxygen atoms in total. The summed E-state index contributed by atoms with van der Waals surface area (Å²) >= 11 is 0. The normalized spacial score (nSPS) is 17.5. The maximum absolute atomic E-state index is 12.4. The van der Waals surface area contributed by atoms with Crippen molar-refractivity contribution in [2.45, 2.75) is 58.0 Å². The van der Waals surface area contributed by atoms with Gasteiger partial charge in [-0.15, -0.1) is 12.4 Å². The monoisotopic (exact) mass is 324 g/mol. The van der Waals surface area contributed by atoms with Crippen LogP contribution >= 0.6 is 12.4 Å². The topological polar surface area (TPSA) is 41.1 Å². The molecule has 0 bridgehead atoms. The van der Waals surface area contributed by atoms with E-state index in [0.29, 0.717) is 5.92 Å². The van der Waals surface area contributed by atoms with Crippen molar-refractivity contribution in [1.82, 2.24) is 10.6 Å². The first kappa shape index (κ1) is 19.0. The van der Waals surface area contributed by atoms with Gasteiger partial charge in [0.25, 0.3) is 0 Å². The Morgan fingerprint density at radius 3 is 2.45 bits per heavy atom. The van der Waals surface area contributed by atoms with E-state index in [0.717, 1.165) is 13.0 Å². The first-order valence-electron chi connectivity index (χ1n) is 8.31. The first-order chi connectivity index (χ1) is 10.2. The van der Waals surface area contributed by atoms with Crippen molar-refractivity contribution in [3.05, 3.63) is 35.9 Å². The summed E-state index contributed by atoms with van der Waals surface area (Å²) in [6.45, 7) is 4.94. The van der Waals surface area contributed by atoms with E-state index in [9.17, 15) is 4.79 Å². The Balaban J connectivity index is 0.00000242. The molecule has 22 heavy (non-hydrogen) atoms. The predicted octanol–water partition coefficient (Wildman–Crippen LogP) is 3.84. The standard InChI is InChI=1S/C18H28N2O.ClH/c1-3-13-19-14(2)18(21)20-17(16-11-7-8-12-16)15-9-5-4-6-10-15;/h4-6,9-10,14,16-17,19H,3,7-8,11-13H2,1-2H3,(H,20,21);1H. The van der Waals surface area contributed by atoms with Crippen molar-refractivity contribution >= 4 is 18.3 Å². The van der Waals surface area contributed by atoms with Gasteiger partial charge >= 0.3 is 0 Å². The van der Waals surface area contributed by atoms with Gasteiger partial charge in [0.15, 0.2) is 0 Å². The second kappa shape index (κ2) is 9.86. The third-order valence-electron chi connectivity index (χ3n) is 4.42. The van der Waals surface area contributed by atoms with Crippen molar-refractivity contribution in [2.24, 2.45) is 5.92 Å². The van der Waals surface area contributed by atoms with Crippen LogP contribution in [0.2, 0.25) is 0 Å². The molecule has 2 rings (SSSR count). The van der Waals surface area contributed by atoms with Crippen molar-refractivity contribution in [3.8, 4) is 0 Å². The van der Waals surface area contributed by atoms with E-state index in [-0.39, 0.29) is 30.4 Å². The van der Waals surface area contributed by atoms with E-state index in [1.807, 2.05) is 13.0 Å². The number of rotatable bonds is 7. The highest BCUT2D eigenvalue weighted by Gasteiger charge is 2.28. The van der Waals surface area contributed by atoms with Crippen LogP contribution in [0.15, 0.2) is 30.3 Å². The fourth-order valence-corrected chi connectivity index (χ4v) is 3.16. The molecule has 0 heterocycles. The minimum absolute atomic E-state index is 0. The molecule has 4 heteroatoms. The van der Waals surface area contributed by atoms with Crippen LogP contribution in [-0.2, 0) is 4.79 Å². The SMILES string of the molecule is CCCNC(C)C(=O)NC(c1ccccc1)C1CCCC1.Cl. The Hall–Kier alpha value is -1.06. The van der Waals surface area contributed by atoms with Crippen LogP contribution in [0.4, 0.5) is 0 Å². The maximum Gasteiger partial charge on any atom is 0.237 e. The van der Waals surface area contributed by atoms with Gasteiger partial charge in [-0.05, 0) is 44.2 Å². The Morgan fingerprint density at radius 1 is 1.23 bits per heavy atom. The average Bonchev–Trinajstić information content (AvgIpc) is 3.04. The zero-order valence-electron chi connectivity index (χ0n) is 13.7. The molecule has 0 radical (unpaired) electrons. The van der Waals surface area contributed by atoms with Gasteiger partial charge in [0.05, 0.1) is 12.1 Å². The molecule has 1 aliphatic rings. The van der Waals surface area contributed by atoms with E-state index in [1.54, 1.807) is 0 Å². The zero-order chi connectivity index (χ0) is 15.1. The smallest absolute Gasteiger partial charge is 0.237 e. The molecule has 2 atom stereocenters. The van der Waals surface area contributed by atoms with Crippen LogP contribution in [0, 0.1) is 5.92 Å². The molecule has 1 fully saturated rings. The number of hydrogen-bond acceptors (Lipinski definition) is 2. The summed E-state index contributed by atoms with van der Waals surface area (Å²) in [5.74, 6) is 0.693. The van der Waals surface area contributed by atoms with Gasteiger partial charge in [-0.3, -0.25) is 4.79 Å². The highest BCUT2D eigenvalue weighted by atomic mass is 35.5. The minimum atomic E-state index is -0.127. The van der Waals surface area contributed by atoms with Crippen LogP contribution in [-0.4, -0.2) is 18.5 Å². The highest BCUT2D eigenvalue weighted by molar-refractivity contribution is 5.85. The minimum Gasteiger partial charge on any atom is -0.348 e. The van der Waals surface area contributed by atoms with Crippen molar-refractivity contribution in [1.29, 1.82) is 0 Å². The molecule has 0 saturated heterocycles. The molecule has 2 N–H and O–H groups in total. The van der Waals surface area contributed by atoms with Gasteiger partial charge in [0.1, 0.15) is 0 Å². The number of halogens is 1. The maximum atomic E-state index is 12.4. The number of carbonyl (C=O) groups excluding carboxylic acids is 1. The summed E-state index contributed by atoms with van der Waals surface area (Å²) in [7, 11) is 0. The molecule has 1 amide bonds. The second-order valence-corrected chi connectivity index (χ2v) is 6.12. The molecule has 0 aromatic heterocycles. The van der Waals surface area contributed by atoms with Crippen LogP contribution in [0.1, 0.15) is 57.6 Å².